The van der Waals surface area contributed by atoms with E-state index in [0.717, 1.165) is 28.0 Å². The molecule has 8 heteroatoms. The van der Waals surface area contributed by atoms with Crippen molar-refractivity contribution in [3.05, 3.63) is 60.9 Å². The molecule has 2 heterocycles. The van der Waals surface area contributed by atoms with Crippen molar-refractivity contribution in [3.8, 4) is 5.75 Å². The molecule has 0 aliphatic heterocycles. The lowest BCUT2D eigenvalue weighted by Gasteiger charge is -2.11. The number of aromatic nitrogens is 4. The number of nitrogens with one attached hydrogen (secondary N) is 2. The molecule has 4 rings (SSSR count). The van der Waals surface area contributed by atoms with Gasteiger partial charge in [0.05, 0.1) is 17.8 Å². The molecule has 0 fully saturated rings. The highest BCUT2D eigenvalue weighted by Gasteiger charge is 2.06. The van der Waals surface area contributed by atoms with E-state index in [9.17, 15) is 0 Å². The summed E-state index contributed by atoms with van der Waals surface area (Å²) in [5.41, 5.74) is 2.82. The maximum Gasteiger partial charge on any atom is 0.229 e. The third kappa shape index (κ3) is 5.29. The highest BCUT2D eigenvalue weighted by molar-refractivity contribution is 5.83. The second-order valence-corrected chi connectivity index (χ2v) is 7.42. The maximum absolute atomic E-state index is 9.03. The summed E-state index contributed by atoms with van der Waals surface area (Å²) in [6.45, 7) is 4.85. The molecular weight excluding hydrogens is 392 g/mol. The summed E-state index contributed by atoms with van der Waals surface area (Å²) < 4.78 is 7.57. The standard InChI is InChI=1S/C23H26N6O2/c1-16(2)31-20-7-4-18(5-8-20)26-22-10-11-24-23(28-22)27-19-6-9-21-17(14-19)15-25-29(21)12-3-13-30/h4-11,14-16,30H,3,12-13H2,1-2H3,(H2,24,26,27,28). The maximum atomic E-state index is 9.03. The largest absolute Gasteiger partial charge is 0.491 e. The average molecular weight is 419 g/mol. The first kappa shape index (κ1) is 20.6. The minimum absolute atomic E-state index is 0.142. The molecule has 0 spiro atoms. The van der Waals surface area contributed by atoms with Crippen LogP contribution < -0.4 is 15.4 Å². The van der Waals surface area contributed by atoms with Gasteiger partial charge in [-0.1, -0.05) is 0 Å². The van der Waals surface area contributed by atoms with Gasteiger partial charge in [0.15, 0.2) is 0 Å². The van der Waals surface area contributed by atoms with Crippen LogP contribution >= 0.6 is 0 Å². The Hall–Kier alpha value is -3.65. The number of fused-ring (bicyclic) bond motifs is 1. The van der Waals surface area contributed by atoms with Crippen LogP contribution in [0.3, 0.4) is 0 Å². The van der Waals surface area contributed by atoms with Crippen molar-refractivity contribution < 1.29 is 9.84 Å². The predicted octanol–water partition coefficient (Wildman–Crippen LogP) is 4.48. The number of benzene rings is 2. The van der Waals surface area contributed by atoms with Crippen molar-refractivity contribution in [1.29, 1.82) is 0 Å². The smallest absolute Gasteiger partial charge is 0.229 e. The van der Waals surface area contributed by atoms with Crippen molar-refractivity contribution in [3.63, 3.8) is 0 Å². The molecule has 2 aromatic carbocycles. The minimum atomic E-state index is 0.142. The molecular formula is C23H26N6O2. The van der Waals surface area contributed by atoms with Crippen LogP contribution in [0.5, 0.6) is 5.75 Å². The van der Waals surface area contributed by atoms with Gasteiger partial charge < -0.3 is 20.5 Å². The highest BCUT2D eigenvalue weighted by Crippen LogP contribution is 2.23. The second-order valence-electron chi connectivity index (χ2n) is 7.42. The molecule has 0 amide bonds. The van der Waals surface area contributed by atoms with E-state index < -0.39 is 0 Å². The first-order valence-electron chi connectivity index (χ1n) is 10.3. The fraction of sp³-hybridized carbons (Fsp3) is 0.261. The van der Waals surface area contributed by atoms with Gasteiger partial charge in [0.2, 0.25) is 5.95 Å². The van der Waals surface area contributed by atoms with Crippen LogP contribution in [-0.2, 0) is 6.54 Å². The number of aliphatic hydroxyl groups excluding tert-OH is 1. The lowest BCUT2D eigenvalue weighted by molar-refractivity contribution is 0.242. The number of aliphatic hydroxyl groups is 1. The van der Waals surface area contributed by atoms with Gasteiger partial charge in [0.25, 0.3) is 0 Å². The van der Waals surface area contributed by atoms with Gasteiger partial charge in [-0.15, -0.1) is 0 Å². The molecule has 0 saturated heterocycles. The number of aryl methyl sites for hydroxylation is 1. The Morgan fingerprint density at radius 1 is 1.03 bits per heavy atom. The quantitative estimate of drug-likeness (QED) is 0.369. The summed E-state index contributed by atoms with van der Waals surface area (Å²) in [4.78, 5) is 8.86. The minimum Gasteiger partial charge on any atom is -0.491 e. The number of ether oxygens (including phenoxy) is 1. The van der Waals surface area contributed by atoms with Crippen molar-refractivity contribution in [2.75, 3.05) is 17.2 Å². The Balaban J connectivity index is 1.44. The predicted molar refractivity (Wildman–Crippen MR) is 122 cm³/mol. The van der Waals surface area contributed by atoms with Gasteiger partial charge in [-0.05, 0) is 68.8 Å². The molecule has 2 aromatic heterocycles. The van der Waals surface area contributed by atoms with Gasteiger partial charge in [0.1, 0.15) is 11.6 Å². The Morgan fingerprint density at radius 2 is 1.84 bits per heavy atom. The van der Waals surface area contributed by atoms with Gasteiger partial charge in [-0.3, -0.25) is 4.68 Å². The van der Waals surface area contributed by atoms with E-state index in [2.05, 4.69) is 25.7 Å². The number of hydrogen-bond donors (Lipinski definition) is 3. The topological polar surface area (TPSA) is 97.1 Å². The van der Waals surface area contributed by atoms with E-state index in [1.165, 1.54) is 0 Å². The monoisotopic (exact) mass is 418 g/mol. The highest BCUT2D eigenvalue weighted by atomic mass is 16.5. The third-order valence-corrected chi connectivity index (χ3v) is 4.58. The zero-order valence-electron chi connectivity index (χ0n) is 17.6. The normalized spacial score (nSPS) is 11.1. The number of rotatable bonds is 9. The van der Waals surface area contributed by atoms with Crippen LogP contribution in [0.4, 0.5) is 23.1 Å². The Bertz CT molecular complexity index is 1140. The molecule has 0 radical (unpaired) electrons. The number of anilines is 4. The van der Waals surface area contributed by atoms with Crippen LogP contribution in [-0.4, -0.2) is 37.6 Å². The summed E-state index contributed by atoms with van der Waals surface area (Å²) in [7, 11) is 0. The van der Waals surface area contributed by atoms with Gasteiger partial charge >= 0.3 is 0 Å². The zero-order chi connectivity index (χ0) is 21.6. The summed E-state index contributed by atoms with van der Waals surface area (Å²) in [6.07, 6.45) is 4.35. The zero-order valence-corrected chi connectivity index (χ0v) is 17.6. The second kappa shape index (κ2) is 9.44. The van der Waals surface area contributed by atoms with Gasteiger partial charge in [0, 0.05) is 36.1 Å². The molecule has 0 unspecified atom stereocenters. The first-order chi connectivity index (χ1) is 15.1. The number of hydrogen-bond acceptors (Lipinski definition) is 7. The lowest BCUT2D eigenvalue weighted by Crippen LogP contribution is -2.05. The summed E-state index contributed by atoms with van der Waals surface area (Å²) in [6, 6.07) is 15.6. The molecule has 0 aliphatic carbocycles. The van der Waals surface area contributed by atoms with Gasteiger partial charge in [-0.2, -0.15) is 10.1 Å². The van der Waals surface area contributed by atoms with E-state index >= 15 is 0 Å². The summed E-state index contributed by atoms with van der Waals surface area (Å²) >= 11 is 0. The van der Waals surface area contributed by atoms with Crippen LogP contribution in [0, 0.1) is 0 Å². The number of nitrogens with zero attached hydrogens (tertiary/aromatic N) is 4. The van der Waals surface area contributed by atoms with Crippen molar-refractivity contribution in [2.24, 2.45) is 0 Å². The molecule has 8 nitrogen and oxygen atoms in total. The van der Waals surface area contributed by atoms with Crippen molar-refractivity contribution in [1.82, 2.24) is 19.7 Å². The third-order valence-electron chi connectivity index (χ3n) is 4.58. The van der Waals surface area contributed by atoms with E-state index in [0.29, 0.717) is 24.7 Å². The fourth-order valence-corrected chi connectivity index (χ4v) is 3.22. The van der Waals surface area contributed by atoms with Crippen LogP contribution in [0.15, 0.2) is 60.9 Å². The molecule has 0 bridgehead atoms. The SMILES string of the molecule is CC(C)Oc1ccc(Nc2ccnc(Nc3ccc4c(cnn4CCCO)c3)n2)cc1. The van der Waals surface area contributed by atoms with E-state index in [1.54, 1.807) is 6.20 Å². The molecule has 0 aliphatic rings. The molecule has 160 valence electrons. The van der Waals surface area contributed by atoms with Crippen molar-refractivity contribution in [2.45, 2.75) is 32.9 Å². The van der Waals surface area contributed by atoms with Crippen LogP contribution in [0.1, 0.15) is 20.3 Å². The molecule has 4 aromatic rings. The van der Waals surface area contributed by atoms with Gasteiger partial charge in [-0.25, -0.2) is 4.98 Å². The Kier molecular flexibility index (Phi) is 6.28. The fourth-order valence-electron chi connectivity index (χ4n) is 3.22. The first-order valence-corrected chi connectivity index (χ1v) is 10.3. The van der Waals surface area contributed by atoms with E-state index in [1.807, 2.05) is 73.3 Å². The Morgan fingerprint density at radius 3 is 2.61 bits per heavy atom. The van der Waals surface area contributed by atoms with Crippen LogP contribution in [0.2, 0.25) is 0 Å². The average Bonchev–Trinajstić information content (AvgIpc) is 3.16. The van der Waals surface area contributed by atoms with E-state index in [-0.39, 0.29) is 12.7 Å². The van der Waals surface area contributed by atoms with Crippen LogP contribution in [0.25, 0.3) is 10.9 Å². The Labute approximate surface area is 180 Å². The summed E-state index contributed by atoms with van der Waals surface area (Å²) in [5.74, 6) is 2.02. The molecule has 31 heavy (non-hydrogen) atoms. The summed E-state index contributed by atoms with van der Waals surface area (Å²) in [5, 5.41) is 21.0. The molecule has 3 N–H and O–H groups in total. The molecule has 0 saturated carbocycles. The lowest BCUT2D eigenvalue weighted by atomic mass is 10.2. The van der Waals surface area contributed by atoms with E-state index in [4.69, 9.17) is 9.84 Å². The molecule has 0 atom stereocenters. The van der Waals surface area contributed by atoms with Crippen molar-refractivity contribution >= 4 is 34.0 Å².